The maximum absolute atomic E-state index is 12.0. The minimum Gasteiger partial charge on any atom is -0.486 e. The van der Waals surface area contributed by atoms with E-state index >= 15 is 0 Å². The first-order valence-corrected chi connectivity index (χ1v) is 11.1. The third-order valence-electron chi connectivity index (χ3n) is 4.71. The second-order valence-corrected chi connectivity index (χ2v) is 8.79. The second kappa shape index (κ2) is 9.62. The van der Waals surface area contributed by atoms with Crippen LogP contribution in [-0.2, 0) is 22.6 Å². The largest absolute Gasteiger partial charge is 0.486 e. The topological polar surface area (TPSA) is 68.7 Å². The molecule has 3 heterocycles. The molecule has 0 spiro atoms. The number of pyridine rings is 1. The van der Waals surface area contributed by atoms with Gasteiger partial charge in [-0.2, -0.15) is 0 Å². The standard InChI is InChI=1S/C14H11BrN2O2.C9H7BrO2/c15-10-4-5-13-12(7-10)17(14(18)9-19-13)8-11-3-1-2-6-16-11;10-7-1-2-9-6(3-7)4-8(11)5-12-9/h1-7H,8-9H2;1-3H,4-5H2. The van der Waals surface area contributed by atoms with Gasteiger partial charge < -0.3 is 9.47 Å². The monoisotopic (exact) mass is 544 g/mol. The van der Waals surface area contributed by atoms with Crippen LogP contribution in [0.25, 0.3) is 0 Å². The first-order valence-electron chi connectivity index (χ1n) is 9.55. The van der Waals surface area contributed by atoms with Crippen LogP contribution in [0.2, 0.25) is 0 Å². The molecule has 0 saturated carbocycles. The molecule has 6 nitrogen and oxygen atoms in total. The molecular weight excluding hydrogens is 528 g/mol. The number of carbonyl (C=O) groups is 2. The van der Waals surface area contributed by atoms with Crippen molar-refractivity contribution in [3.05, 3.63) is 81.0 Å². The maximum Gasteiger partial charge on any atom is 0.265 e. The summed E-state index contributed by atoms with van der Waals surface area (Å²) in [6, 6.07) is 17.0. The van der Waals surface area contributed by atoms with E-state index in [1.165, 1.54) is 0 Å². The summed E-state index contributed by atoms with van der Waals surface area (Å²) in [4.78, 5) is 29.0. The number of benzene rings is 2. The van der Waals surface area contributed by atoms with E-state index in [-0.39, 0.29) is 24.9 Å². The van der Waals surface area contributed by atoms with Gasteiger partial charge in [-0.3, -0.25) is 19.5 Å². The fourth-order valence-corrected chi connectivity index (χ4v) is 4.01. The first kappa shape index (κ1) is 21.5. The smallest absolute Gasteiger partial charge is 0.265 e. The van der Waals surface area contributed by atoms with Gasteiger partial charge in [0.25, 0.3) is 5.91 Å². The number of ether oxygens (including phenoxy) is 2. The molecule has 0 fully saturated rings. The highest BCUT2D eigenvalue weighted by atomic mass is 79.9. The van der Waals surface area contributed by atoms with Gasteiger partial charge in [-0.25, -0.2) is 0 Å². The Morgan fingerprint density at radius 1 is 0.903 bits per heavy atom. The van der Waals surface area contributed by atoms with Crippen LogP contribution in [0, 0.1) is 0 Å². The van der Waals surface area contributed by atoms with E-state index < -0.39 is 0 Å². The van der Waals surface area contributed by atoms with Gasteiger partial charge in [0.05, 0.1) is 17.9 Å². The first-order chi connectivity index (χ1) is 15.0. The Labute approximate surface area is 196 Å². The van der Waals surface area contributed by atoms with Crippen molar-refractivity contribution in [2.24, 2.45) is 0 Å². The van der Waals surface area contributed by atoms with Crippen molar-refractivity contribution in [2.45, 2.75) is 13.0 Å². The number of aromatic nitrogens is 1. The van der Waals surface area contributed by atoms with Gasteiger partial charge >= 0.3 is 0 Å². The molecule has 0 bridgehead atoms. The Morgan fingerprint density at radius 2 is 1.65 bits per heavy atom. The molecule has 3 aromatic rings. The molecule has 0 radical (unpaired) electrons. The van der Waals surface area contributed by atoms with Crippen molar-refractivity contribution in [3.63, 3.8) is 0 Å². The molecule has 2 aliphatic rings. The maximum atomic E-state index is 12.0. The van der Waals surface area contributed by atoms with Gasteiger partial charge in [-0.15, -0.1) is 0 Å². The summed E-state index contributed by atoms with van der Waals surface area (Å²) in [6.45, 7) is 0.739. The van der Waals surface area contributed by atoms with Crippen molar-refractivity contribution < 1.29 is 19.1 Å². The minimum atomic E-state index is -0.0590. The number of amides is 1. The van der Waals surface area contributed by atoms with Crippen molar-refractivity contribution in [2.75, 3.05) is 18.1 Å². The molecule has 0 saturated heterocycles. The number of fused-ring (bicyclic) bond motifs is 2. The number of nitrogens with zero attached hydrogens (tertiary/aromatic N) is 2. The highest BCUT2D eigenvalue weighted by Crippen LogP contribution is 2.35. The summed E-state index contributed by atoms with van der Waals surface area (Å²) >= 11 is 6.76. The number of anilines is 1. The number of hydrogen-bond donors (Lipinski definition) is 0. The molecule has 0 aliphatic carbocycles. The quantitative estimate of drug-likeness (QED) is 0.466. The van der Waals surface area contributed by atoms with Crippen LogP contribution in [0.15, 0.2) is 69.7 Å². The fourth-order valence-electron chi connectivity index (χ4n) is 3.25. The number of hydrogen-bond acceptors (Lipinski definition) is 5. The lowest BCUT2D eigenvalue weighted by atomic mass is 10.1. The number of halogens is 2. The Hall–Kier alpha value is -2.71. The molecule has 1 amide bonds. The molecule has 158 valence electrons. The van der Waals surface area contributed by atoms with Crippen LogP contribution in [0.3, 0.4) is 0 Å². The summed E-state index contributed by atoms with van der Waals surface area (Å²) < 4.78 is 12.5. The van der Waals surface area contributed by atoms with Crippen molar-refractivity contribution in [3.8, 4) is 11.5 Å². The third-order valence-corrected chi connectivity index (χ3v) is 5.70. The number of Topliss-reactive ketones (excluding diaryl/α,β-unsaturated/α-hetero) is 1. The Bertz CT molecular complexity index is 1120. The Morgan fingerprint density at radius 3 is 2.42 bits per heavy atom. The summed E-state index contributed by atoms with van der Waals surface area (Å²) in [5.41, 5.74) is 2.60. The highest BCUT2D eigenvalue weighted by molar-refractivity contribution is 9.10. The normalized spacial score (nSPS) is 14.5. The number of carbonyl (C=O) groups excluding carboxylic acids is 2. The fraction of sp³-hybridized carbons (Fsp3) is 0.174. The average Bonchev–Trinajstić information content (AvgIpc) is 2.77. The summed E-state index contributed by atoms with van der Waals surface area (Å²) in [5, 5.41) is 0. The van der Waals surface area contributed by atoms with Gasteiger partial charge in [0.15, 0.2) is 12.4 Å². The van der Waals surface area contributed by atoms with E-state index in [1.54, 1.807) is 11.1 Å². The zero-order valence-electron chi connectivity index (χ0n) is 16.4. The summed E-state index contributed by atoms with van der Waals surface area (Å²) in [5.74, 6) is 1.63. The van der Waals surface area contributed by atoms with E-state index in [2.05, 4.69) is 36.8 Å². The lowest BCUT2D eigenvalue weighted by Gasteiger charge is -2.29. The minimum absolute atomic E-state index is 0.0590. The van der Waals surface area contributed by atoms with Crippen molar-refractivity contribution in [1.82, 2.24) is 4.98 Å². The molecule has 2 aromatic carbocycles. The highest BCUT2D eigenvalue weighted by Gasteiger charge is 2.26. The predicted molar refractivity (Wildman–Crippen MR) is 123 cm³/mol. The molecule has 2 aliphatic heterocycles. The molecule has 1 aromatic heterocycles. The number of rotatable bonds is 2. The van der Waals surface area contributed by atoms with Crippen molar-refractivity contribution >= 4 is 49.2 Å². The van der Waals surface area contributed by atoms with E-state index in [1.807, 2.05) is 54.6 Å². The van der Waals surface area contributed by atoms with Crippen LogP contribution in [0.5, 0.6) is 11.5 Å². The molecular formula is C23H18Br2N2O4. The van der Waals surface area contributed by atoms with Crippen LogP contribution < -0.4 is 14.4 Å². The molecule has 0 unspecified atom stereocenters. The van der Waals surface area contributed by atoms with Gasteiger partial charge in [-0.1, -0.05) is 37.9 Å². The third kappa shape index (κ3) is 5.32. The Kier molecular flexibility index (Phi) is 6.67. The zero-order valence-corrected chi connectivity index (χ0v) is 19.6. The number of ketones is 1. The lowest BCUT2D eigenvalue weighted by Crippen LogP contribution is -2.38. The van der Waals surface area contributed by atoms with Crippen LogP contribution >= 0.6 is 31.9 Å². The summed E-state index contributed by atoms with van der Waals surface area (Å²) in [6.07, 6.45) is 2.22. The Balaban J connectivity index is 0.000000166. The van der Waals surface area contributed by atoms with Crippen LogP contribution in [0.4, 0.5) is 5.69 Å². The molecule has 8 heteroatoms. The van der Waals surface area contributed by atoms with E-state index in [4.69, 9.17) is 9.47 Å². The SMILES string of the molecule is O=C1COc2ccc(Br)cc2C1.O=C1COc2ccc(Br)cc2N1Cc1ccccn1. The van der Waals surface area contributed by atoms with Gasteiger partial charge in [0.2, 0.25) is 0 Å². The summed E-state index contributed by atoms with van der Waals surface area (Å²) in [7, 11) is 0. The van der Waals surface area contributed by atoms with Gasteiger partial charge in [-0.05, 0) is 48.5 Å². The van der Waals surface area contributed by atoms with E-state index in [0.717, 1.165) is 37.4 Å². The molecule has 0 N–H and O–H groups in total. The zero-order chi connectivity index (χ0) is 21.8. The van der Waals surface area contributed by atoms with E-state index in [9.17, 15) is 9.59 Å². The molecule has 0 atom stereocenters. The van der Waals surface area contributed by atoms with Crippen LogP contribution in [0.1, 0.15) is 11.3 Å². The molecule has 5 rings (SSSR count). The lowest BCUT2D eigenvalue weighted by molar-refractivity contribution is -0.122. The van der Waals surface area contributed by atoms with Crippen molar-refractivity contribution in [1.29, 1.82) is 0 Å². The van der Waals surface area contributed by atoms with Gasteiger partial charge in [0.1, 0.15) is 18.1 Å². The van der Waals surface area contributed by atoms with Gasteiger partial charge in [0, 0.05) is 27.1 Å². The second-order valence-electron chi connectivity index (χ2n) is 6.96. The predicted octanol–water partition coefficient (Wildman–Crippen LogP) is 4.72. The molecule has 31 heavy (non-hydrogen) atoms. The average molecular weight is 546 g/mol. The van der Waals surface area contributed by atoms with Crippen LogP contribution in [-0.4, -0.2) is 29.9 Å². The van der Waals surface area contributed by atoms with E-state index in [0.29, 0.717) is 13.0 Å².